The maximum Gasteiger partial charge on any atom is 0.264 e. The Kier molecular flexibility index (Phi) is 14.3. The second-order valence-corrected chi connectivity index (χ2v) is 5.12. The van der Waals surface area contributed by atoms with Gasteiger partial charge in [0, 0.05) is 19.7 Å². The second kappa shape index (κ2) is 13.0. The monoisotopic (exact) mass is 283 g/mol. The number of allylic oxidation sites excluding steroid dienone is 1. The Labute approximate surface area is 110 Å². The molecule has 0 fully saturated rings. The number of aliphatic hydroxyl groups is 2. The number of hydrogen-bond acceptors (Lipinski definition) is 5. The van der Waals surface area contributed by atoms with Crippen molar-refractivity contribution in [2.45, 2.75) is 20.3 Å². The first-order valence-electron chi connectivity index (χ1n) is 5.91. The topological polar surface area (TPSA) is 98.1 Å². The highest BCUT2D eigenvalue weighted by molar-refractivity contribution is 7.85. The van der Waals surface area contributed by atoms with Crippen LogP contribution in [-0.4, -0.2) is 66.7 Å². The van der Waals surface area contributed by atoms with Crippen LogP contribution < -0.4 is 0 Å². The van der Waals surface area contributed by atoms with Gasteiger partial charge in [-0.2, -0.15) is 8.42 Å². The fraction of sp³-hybridized carbons (Fsp3) is 0.818. The van der Waals surface area contributed by atoms with Crippen LogP contribution in [0.3, 0.4) is 0 Å². The Morgan fingerprint density at radius 2 is 1.78 bits per heavy atom. The van der Waals surface area contributed by atoms with Crippen LogP contribution in [0, 0.1) is 0 Å². The first-order chi connectivity index (χ1) is 8.41. The molecule has 7 heteroatoms. The SMILES string of the molecule is CC=CCN(CCO)CCCS(=O)(=O)O.CCO. The van der Waals surface area contributed by atoms with Crippen molar-refractivity contribution in [3.63, 3.8) is 0 Å². The van der Waals surface area contributed by atoms with Crippen LogP contribution in [0.15, 0.2) is 12.2 Å². The van der Waals surface area contributed by atoms with Crippen LogP contribution in [0.25, 0.3) is 0 Å². The summed E-state index contributed by atoms with van der Waals surface area (Å²) < 4.78 is 29.4. The average Bonchev–Trinajstić information content (AvgIpc) is 2.25. The van der Waals surface area contributed by atoms with Gasteiger partial charge in [0.05, 0.1) is 12.4 Å². The summed E-state index contributed by atoms with van der Waals surface area (Å²) >= 11 is 0. The Morgan fingerprint density at radius 1 is 1.22 bits per heavy atom. The normalized spacial score (nSPS) is 11.7. The van der Waals surface area contributed by atoms with E-state index in [1.165, 1.54) is 0 Å². The molecule has 0 saturated carbocycles. The van der Waals surface area contributed by atoms with Crippen molar-refractivity contribution < 1.29 is 23.2 Å². The van der Waals surface area contributed by atoms with E-state index >= 15 is 0 Å². The van der Waals surface area contributed by atoms with Crippen molar-refractivity contribution >= 4 is 10.1 Å². The van der Waals surface area contributed by atoms with Gasteiger partial charge in [0.25, 0.3) is 10.1 Å². The summed E-state index contributed by atoms with van der Waals surface area (Å²) in [5.74, 6) is -0.231. The largest absolute Gasteiger partial charge is 0.397 e. The molecule has 0 unspecified atom stereocenters. The maximum atomic E-state index is 10.5. The van der Waals surface area contributed by atoms with Gasteiger partial charge in [-0.3, -0.25) is 9.45 Å². The van der Waals surface area contributed by atoms with E-state index in [4.69, 9.17) is 14.8 Å². The zero-order valence-electron chi connectivity index (χ0n) is 11.1. The minimum absolute atomic E-state index is 0.0451. The molecule has 0 aromatic heterocycles. The van der Waals surface area contributed by atoms with E-state index in [0.717, 1.165) is 0 Å². The Hall–Kier alpha value is -0.470. The predicted octanol–water partition coefficient (Wildman–Crippen LogP) is 0.133. The number of nitrogens with zero attached hydrogens (tertiary/aromatic N) is 1. The molecule has 110 valence electrons. The standard InChI is InChI=1S/C9H19NO4S.C2H6O/c1-2-3-5-10(7-8-11)6-4-9-15(12,13)14;1-2-3/h2-3,11H,4-9H2,1H3,(H,12,13,14);3H,2H2,1H3. The molecule has 0 aliphatic heterocycles. The van der Waals surface area contributed by atoms with Gasteiger partial charge in [-0.15, -0.1) is 0 Å². The van der Waals surface area contributed by atoms with Gasteiger partial charge in [0.1, 0.15) is 0 Å². The molecule has 0 spiro atoms. The summed E-state index contributed by atoms with van der Waals surface area (Å²) in [6.07, 6.45) is 4.20. The molecule has 0 aromatic rings. The lowest BCUT2D eigenvalue weighted by atomic mass is 10.4. The minimum atomic E-state index is -3.86. The van der Waals surface area contributed by atoms with Crippen LogP contribution in [0.2, 0.25) is 0 Å². The predicted molar refractivity (Wildman–Crippen MR) is 72.1 cm³/mol. The van der Waals surface area contributed by atoms with E-state index in [-0.39, 0.29) is 19.0 Å². The van der Waals surface area contributed by atoms with Gasteiger partial charge in [-0.05, 0) is 26.8 Å². The summed E-state index contributed by atoms with van der Waals surface area (Å²) in [5, 5.41) is 16.3. The molecule has 6 nitrogen and oxygen atoms in total. The van der Waals surface area contributed by atoms with Crippen molar-refractivity contribution in [3.05, 3.63) is 12.2 Å². The molecule has 18 heavy (non-hydrogen) atoms. The van der Waals surface area contributed by atoms with Gasteiger partial charge in [-0.1, -0.05) is 12.2 Å². The van der Waals surface area contributed by atoms with E-state index in [2.05, 4.69) is 0 Å². The van der Waals surface area contributed by atoms with Crippen LogP contribution in [-0.2, 0) is 10.1 Å². The Balaban J connectivity index is 0. The van der Waals surface area contributed by atoms with Crippen LogP contribution in [0.1, 0.15) is 20.3 Å². The zero-order valence-corrected chi connectivity index (χ0v) is 11.9. The van der Waals surface area contributed by atoms with Crippen molar-refractivity contribution in [1.29, 1.82) is 0 Å². The molecule has 0 rings (SSSR count). The van der Waals surface area contributed by atoms with E-state index in [1.54, 1.807) is 6.92 Å². The van der Waals surface area contributed by atoms with Crippen molar-refractivity contribution in [1.82, 2.24) is 4.90 Å². The van der Waals surface area contributed by atoms with E-state index in [9.17, 15) is 8.42 Å². The molecule has 0 aromatic carbocycles. The first kappa shape index (κ1) is 19.9. The molecule has 3 N–H and O–H groups in total. The summed E-state index contributed by atoms with van der Waals surface area (Å²) in [7, 11) is -3.86. The van der Waals surface area contributed by atoms with E-state index in [0.29, 0.717) is 26.1 Å². The fourth-order valence-corrected chi connectivity index (χ4v) is 1.65. The Morgan fingerprint density at radius 3 is 2.17 bits per heavy atom. The van der Waals surface area contributed by atoms with E-state index < -0.39 is 10.1 Å². The highest BCUT2D eigenvalue weighted by Crippen LogP contribution is 1.95. The molecule has 0 atom stereocenters. The number of rotatable bonds is 8. The third kappa shape index (κ3) is 17.9. The molecule has 0 heterocycles. The highest BCUT2D eigenvalue weighted by Gasteiger charge is 2.07. The molecule has 0 amide bonds. The maximum absolute atomic E-state index is 10.5. The summed E-state index contributed by atoms with van der Waals surface area (Å²) in [4.78, 5) is 1.92. The number of hydrogen-bond donors (Lipinski definition) is 3. The van der Waals surface area contributed by atoms with Gasteiger partial charge < -0.3 is 10.2 Å². The van der Waals surface area contributed by atoms with Gasteiger partial charge in [0.2, 0.25) is 0 Å². The van der Waals surface area contributed by atoms with Crippen molar-refractivity contribution in [3.8, 4) is 0 Å². The van der Waals surface area contributed by atoms with Crippen LogP contribution >= 0.6 is 0 Å². The van der Waals surface area contributed by atoms with Crippen molar-refractivity contribution in [2.75, 3.05) is 38.6 Å². The second-order valence-electron chi connectivity index (χ2n) is 3.55. The van der Waals surface area contributed by atoms with Gasteiger partial charge in [-0.25, -0.2) is 0 Å². The summed E-state index contributed by atoms with van der Waals surface area (Å²) in [5.41, 5.74) is 0. The fourth-order valence-electron chi connectivity index (χ4n) is 1.16. The quantitative estimate of drug-likeness (QED) is 0.433. The molecule has 0 aliphatic rings. The van der Waals surface area contributed by atoms with E-state index in [1.807, 2.05) is 24.0 Å². The summed E-state index contributed by atoms with van der Waals surface area (Å²) in [6.45, 7) is 5.61. The molecule has 0 aliphatic carbocycles. The van der Waals surface area contributed by atoms with Crippen molar-refractivity contribution in [2.24, 2.45) is 0 Å². The molecule has 0 bridgehead atoms. The molecular formula is C11H25NO5S. The highest BCUT2D eigenvalue weighted by atomic mass is 32.2. The number of aliphatic hydroxyl groups excluding tert-OH is 2. The smallest absolute Gasteiger partial charge is 0.264 e. The lowest BCUT2D eigenvalue weighted by molar-refractivity contribution is 0.208. The zero-order chi connectivity index (χ0) is 14.4. The lowest BCUT2D eigenvalue weighted by Crippen LogP contribution is -2.29. The molecular weight excluding hydrogens is 258 g/mol. The van der Waals surface area contributed by atoms with Crippen LogP contribution in [0.4, 0.5) is 0 Å². The molecule has 0 radical (unpaired) electrons. The molecule has 0 saturated heterocycles. The third-order valence-corrected chi connectivity index (χ3v) is 2.70. The van der Waals surface area contributed by atoms with Gasteiger partial charge in [0.15, 0.2) is 0 Å². The Bertz CT molecular complexity index is 290. The first-order valence-corrected chi connectivity index (χ1v) is 7.52. The third-order valence-electron chi connectivity index (χ3n) is 1.89. The minimum Gasteiger partial charge on any atom is -0.397 e. The average molecular weight is 283 g/mol. The van der Waals surface area contributed by atoms with Gasteiger partial charge >= 0.3 is 0 Å². The summed E-state index contributed by atoms with van der Waals surface area (Å²) in [6, 6.07) is 0. The lowest BCUT2D eigenvalue weighted by Gasteiger charge is -2.18. The van der Waals surface area contributed by atoms with Crippen LogP contribution in [0.5, 0.6) is 0 Å².